The quantitative estimate of drug-likeness (QED) is 0.657. The molecule has 18 heavy (non-hydrogen) atoms. The van der Waals surface area contributed by atoms with Crippen LogP contribution in [0.3, 0.4) is 0 Å². The van der Waals surface area contributed by atoms with E-state index in [0.717, 1.165) is 25.3 Å². The maximum absolute atomic E-state index is 12.1. The van der Waals surface area contributed by atoms with Crippen molar-refractivity contribution in [2.45, 2.75) is 58.0 Å². The third kappa shape index (κ3) is 2.07. The Balaban J connectivity index is 1.78. The Morgan fingerprint density at radius 3 is 2.67 bits per heavy atom. The number of piperidine rings is 3. The van der Waals surface area contributed by atoms with E-state index in [4.69, 9.17) is 0 Å². The van der Waals surface area contributed by atoms with E-state index in [9.17, 15) is 4.79 Å². The molecule has 3 fully saturated rings. The SMILES string of the molecule is CC(C)(C)N1CC2CC(C1)C1CCCC(=O)N1C2. The van der Waals surface area contributed by atoms with Crippen molar-refractivity contribution in [1.29, 1.82) is 0 Å². The maximum atomic E-state index is 12.1. The fourth-order valence-electron chi connectivity index (χ4n) is 4.16. The van der Waals surface area contributed by atoms with E-state index in [-0.39, 0.29) is 5.54 Å². The lowest BCUT2D eigenvalue weighted by Crippen LogP contribution is -2.62. The first-order valence-corrected chi connectivity index (χ1v) is 7.49. The summed E-state index contributed by atoms with van der Waals surface area (Å²) in [7, 11) is 0. The third-order valence-corrected chi connectivity index (χ3v) is 5.13. The molecule has 3 aliphatic heterocycles. The fraction of sp³-hybridized carbons (Fsp3) is 0.933. The highest BCUT2D eigenvalue weighted by molar-refractivity contribution is 5.77. The van der Waals surface area contributed by atoms with Gasteiger partial charge < -0.3 is 4.90 Å². The topological polar surface area (TPSA) is 23.6 Å². The van der Waals surface area contributed by atoms with Gasteiger partial charge in [0.2, 0.25) is 5.91 Å². The van der Waals surface area contributed by atoms with Crippen LogP contribution in [0.25, 0.3) is 0 Å². The summed E-state index contributed by atoms with van der Waals surface area (Å²) in [6, 6.07) is 0.549. The largest absolute Gasteiger partial charge is 0.339 e. The van der Waals surface area contributed by atoms with Crippen molar-refractivity contribution in [3.05, 3.63) is 0 Å². The molecular weight excluding hydrogens is 224 g/mol. The van der Waals surface area contributed by atoms with E-state index in [1.165, 1.54) is 25.9 Å². The van der Waals surface area contributed by atoms with Gasteiger partial charge in [-0.15, -0.1) is 0 Å². The second-order valence-electron chi connectivity index (χ2n) is 7.44. The summed E-state index contributed by atoms with van der Waals surface area (Å²) in [4.78, 5) is 16.9. The zero-order valence-electron chi connectivity index (χ0n) is 12.0. The van der Waals surface area contributed by atoms with Crippen LogP contribution in [0.5, 0.6) is 0 Å². The predicted molar refractivity (Wildman–Crippen MR) is 72.3 cm³/mol. The van der Waals surface area contributed by atoms with Crippen LogP contribution >= 0.6 is 0 Å². The summed E-state index contributed by atoms with van der Waals surface area (Å²) in [6.45, 7) is 10.3. The highest BCUT2D eigenvalue weighted by atomic mass is 16.2. The number of carbonyl (C=O) groups is 1. The molecule has 3 unspecified atom stereocenters. The van der Waals surface area contributed by atoms with Crippen LogP contribution in [0.4, 0.5) is 0 Å². The van der Waals surface area contributed by atoms with E-state index >= 15 is 0 Å². The predicted octanol–water partition coefficient (Wildman–Crippen LogP) is 2.12. The minimum atomic E-state index is 0.276. The third-order valence-electron chi connectivity index (χ3n) is 5.13. The van der Waals surface area contributed by atoms with Gasteiger partial charge in [-0.2, -0.15) is 0 Å². The van der Waals surface area contributed by atoms with E-state index < -0.39 is 0 Å². The molecule has 3 rings (SSSR count). The fourth-order valence-corrected chi connectivity index (χ4v) is 4.16. The molecule has 3 nitrogen and oxygen atoms in total. The zero-order valence-corrected chi connectivity index (χ0v) is 12.0. The Labute approximate surface area is 111 Å². The van der Waals surface area contributed by atoms with Gasteiger partial charge in [0.25, 0.3) is 0 Å². The molecule has 0 aromatic heterocycles. The standard InChI is InChI=1S/C15H26N2O/c1-15(2,3)16-8-11-7-12(10-16)13-5-4-6-14(18)17(13)9-11/h11-13H,4-10H2,1-3H3. The minimum absolute atomic E-state index is 0.276. The van der Waals surface area contributed by atoms with Gasteiger partial charge in [-0.3, -0.25) is 9.69 Å². The number of rotatable bonds is 0. The lowest BCUT2D eigenvalue weighted by Gasteiger charge is -2.55. The van der Waals surface area contributed by atoms with Gasteiger partial charge in [-0.05, 0) is 51.9 Å². The van der Waals surface area contributed by atoms with E-state index in [2.05, 4.69) is 30.6 Å². The number of hydrogen-bond acceptors (Lipinski definition) is 2. The summed E-state index contributed by atoms with van der Waals surface area (Å²) in [5.41, 5.74) is 0.276. The van der Waals surface area contributed by atoms with E-state index in [1.54, 1.807) is 0 Å². The van der Waals surface area contributed by atoms with Crippen LogP contribution in [0.2, 0.25) is 0 Å². The van der Waals surface area contributed by atoms with Crippen molar-refractivity contribution in [1.82, 2.24) is 9.80 Å². The molecule has 2 bridgehead atoms. The summed E-state index contributed by atoms with van der Waals surface area (Å²) in [5, 5.41) is 0. The molecule has 0 radical (unpaired) electrons. The average molecular weight is 250 g/mol. The molecule has 102 valence electrons. The average Bonchev–Trinajstić information content (AvgIpc) is 2.29. The molecule has 3 atom stereocenters. The van der Waals surface area contributed by atoms with Crippen LogP contribution in [-0.2, 0) is 4.79 Å². The number of fused-ring (bicyclic) bond motifs is 4. The lowest BCUT2D eigenvalue weighted by atomic mass is 9.75. The molecule has 3 saturated heterocycles. The van der Waals surface area contributed by atoms with E-state index in [1.807, 2.05) is 0 Å². The van der Waals surface area contributed by atoms with Crippen LogP contribution in [0, 0.1) is 11.8 Å². The second kappa shape index (κ2) is 4.22. The van der Waals surface area contributed by atoms with Crippen LogP contribution < -0.4 is 0 Å². The smallest absolute Gasteiger partial charge is 0.222 e. The van der Waals surface area contributed by atoms with Crippen molar-refractivity contribution >= 4 is 5.91 Å². The molecule has 0 aromatic rings. The molecule has 0 N–H and O–H groups in total. The molecule has 0 saturated carbocycles. The van der Waals surface area contributed by atoms with Crippen LogP contribution in [0.15, 0.2) is 0 Å². The Bertz CT molecular complexity index is 347. The number of amides is 1. The van der Waals surface area contributed by atoms with Gasteiger partial charge in [0, 0.05) is 37.6 Å². The Kier molecular flexibility index (Phi) is 2.92. The van der Waals surface area contributed by atoms with Crippen molar-refractivity contribution < 1.29 is 4.79 Å². The summed E-state index contributed by atoms with van der Waals surface area (Å²) >= 11 is 0. The van der Waals surface area contributed by atoms with Gasteiger partial charge in [0.1, 0.15) is 0 Å². The Morgan fingerprint density at radius 2 is 1.94 bits per heavy atom. The highest BCUT2D eigenvalue weighted by Gasteiger charge is 2.45. The van der Waals surface area contributed by atoms with Gasteiger partial charge in [0.15, 0.2) is 0 Å². The van der Waals surface area contributed by atoms with Gasteiger partial charge >= 0.3 is 0 Å². The molecule has 3 aliphatic rings. The normalized spacial score (nSPS) is 37.6. The van der Waals surface area contributed by atoms with Gasteiger partial charge in [-0.25, -0.2) is 0 Å². The first kappa shape index (κ1) is 12.5. The monoisotopic (exact) mass is 250 g/mol. The Hall–Kier alpha value is -0.570. The van der Waals surface area contributed by atoms with Crippen molar-refractivity contribution in [2.75, 3.05) is 19.6 Å². The molecule has 0 aliphatic carbocycles. The van der Waals surface area contributed by atoms with Gasteiger partial charge in [-0.1, -0.05) is 0 Å². The molecule has 0 spiro atoms. The lowest BCUT2D eigenvalue weighted by molar-refractivity contribution is -0.146. The van der Waals surface area contributed by atoms with Crippen molar-refractivity contribution in [3.63, 3.8) is 0 Å². The number of carbonyl (C=O) groups excluding carboxylic acids is 1. The maximum Gasteiger partial charge on any atom is 0.222 e. The molecule has 3 heteroatoms. The zero-order chi connectivity index (χ0) is 12.9. The molecular formula is C15H26N2O. The summed E-state index contributed by atoms with van der Waals surface area (Å²) in [6.07, 6.45) is 4.48. The summed E-state index contributed by atoms with van der Waals surface area (Å²) < 4.78 is 0. The van der Waals surface area contributed by atoms with Crippen LogP contribution in [-0.4, -0.2) is 46.9 Å². The number of likely N-dealkylation sites (tertiary alicyclic amines) is 1. The number of nitrogens with zero attached hydrogens (tertiary/aromatic N) is 2. The highest BCUT2D eigenvalue weighted by Crippen LogP contribution is 2.39. The molecule has 3 heterocycles. The van der Waals surface area contributed by atoms with Gasteiger partial charge in [0.05, 0.1) is 0 Å². The number of hydrogen-bond donors (Lipinski definition) is 0. The summed E-state index contributed by atoms with van der Waals surface area (Å²) in [5.74, 6) is 1.85. The first-order valence-electron chi connectivity index (χ1n) is 7.49. The van der Waals surface area contributed by atoms with Crippen molar-refractivity contribution in [3.8, 4) is 0 Å². The molecule has 1 amide bonds. The Morgan fingerprint density at radius 1 is 1.17 bits per heavy atom. The van der Waals surface area contributed by atoms with Crippen LogP contribution in [0.1, 0.15) is 46.5 Å². The second-order valence-corrected chi connectivity index (χ2v) is 7.44. The molecule has 0 aromatic carbocycles. The first-order chi connectivity index (χ1) is 8.45. The van der Waals surface area contributed by atoms with E-state index in [0.29, 0.717) is 17.9 Å². The minimum Gasteiger partial charge on any atom is -0.339 e. The van der Waals surface area contributed by atoms with Crippen molar-refractivity contribution in [2.24, 2.45) is 11.8 Å².